The van der Waals surface area contributed by atoms with Crippen LogP contribution in [0.3, 0.4) is 0 Å². The van der Waals surface area contributed by atoms with Crippen molar-refractivity contribution in [2.75, 3.05) is 46.9 Å². The van der Waals surface area contributed by atoms with Crippen LogP contribution in [0.5, 0.6) is 0 Å². The van der Waals surface area contributed by atoms with Gasteiger partial charge in [-0.05, 0) is 18.2 Å². The molecule has 2 N–H and O–H groups in total. The van der Waals surface area contributed by atoms with Crippen molar-refractivity contribution in [3.63, 3.8) is 0 Å². The molecule has 7 nitrogen and oxygen atoms in total. The third-order valence-electron chi connectivity index (χ3n) is 4.47. The zero-order valence-electron chi connectivity index (χ0n) is 16.3. The monoisotopic (exact) mass is 418 g/mol. The van der Waals surface area contributed by atoms with Crippen molar-refractivity contribution in [2.24, 2.45) is 5.92 Å². The highest BCUT2D eigenvalue weighted by Gasteiger charge is 2.26. The number of amides is 1. The summed E-state index contributed by atoms with van der Waals surface area (Å²) in [6, 6.07) is 4.13. The summed E-state index contributed by atoms with van der Waals surface area (Å²) >= 11 is 6.12. The van der Waals surface area contributed by atoms with Crippen molar-refractivity contribution in [2.45, 2.75) is 24.8 Å². The number of sulfonamides is 1. The third kappa shape index (κ3) is 5.89. The molecule has 0 aromatic heterocycles. The normalized spacial score (nSPS) is 20.9. The number of rotatable bonds is 7. The molecule has 2 rings (SSSR count). The number of hydrogen-bond acceptors (Lipinski definition) is 4. The number of halogens is 1. The van der Waals surface area contributed by atoms with E-state index in [2.05, 4.69) is 19.2 Å². The van der Waals surface area contributed by atoms with Gasteiger partial charge in [-0.2, -0.15) is 0 Å². The lowest BCUT2D eigenvalue weighted by atomic mass is 10.1. The van der Waals surface area contributed by atoms with E-state index in [9.17, 15) is 13.2 Å². The maximum atomic E-state index is 12.6. The zero-order valence-corrected chi connectivity index (χ0v) is 17.9. The minimum atomic E-state index is -3.64. The SMILES string of the molecule is CC(C)C[NH+]1CCO[C@H](CNC(=O)c2cc(S(=O)(=O)N(C)C)ccc2Cl)C1. The number of quaternary nitrogens is 1. The van der Waals surface area contributed by atoms with Gasteiger partial charge in [0.2, 0.25) is 10.0 Å². The van der Waals surface area contributed by atoms with Gasteiger partial charge >= 0.3 is 0 Å². The van der Waals surface area contributed by atoms with Crippen LogP contribution in [0.1, 0.15) is 24.2 Å². The number of carbonyl (C=O) groups excluding carboxylic acids is 1. The van der Waals surface area contributed by atoms with Gasteiger partial charge in [0.15, 0.2) is 0 Å². The Kier molecular flexibility index (Phi) is 7.64. The summed E-state index contributed by atoms with van der Waals surface area (Å²) in [6.07, 6.45) is -0.0658. The molecule has 0 bridgehead atoms. The molecule has 0 spiro atoms. The van der Waals surface area contributed by atoms with Crippen LogP contribution in [0, 0.1) is 5.92 Å². The van der Waals surface area contributed by atoms with Crippen LogP contribution in [-0.4, -0.2) is 71.6 Å². The molecule has 1 aromatic carbocycles. The number of ether oxygens (including phenoxy) is 1. The summed E-state index contributed by atoms with van der Waals surface area (Å²) in [6.45, 7) is 8.29. The number of carbonyl (C=O) groups is 1. The second-order valence-corrected chi connectivity index (χ2v) is 9.99. The van der Waals surface area contributed by atoms with Crippen LogP contribution in [0.15, 0.2) is 23.1 Å². The number of morpholine rings is 1. The molecule has 1 aliphatic heterocycles. The average Bonchev–Trinajstić information content (AvgIpc) is 2.59. The smallest absolute Gasteiger partial charge is 0.252 e. The first-order valence-electron chi connectivity index (χ1n) is 9.06. The molecule has 1 saturated heterocycles. The lowest BCUT2D eigenvalue weighted by Crippen LogP contribution is -3.15. The average molecular weight is 419 g/mol. The minimum Gasteiger partial charge on any atom is -0.365 e. The fourth-order valence-corrected chi connectivity index (χ4v) is 4.23. The quantitative estimate of drug-likeness (QED) is 0.665. The Morgan fingerprint density at radius 3 is 2.74 bits per heavy atom. The summed E-state index contributed by atoms with van der Waals surface area (Å²) in [5, 5.41) is 3.03. The van der Waals surface area contributed by atoms with Gasteiger partial charge in [-0.1, -0.05) is 25.4 Å². The molecule has 0 radical (unpaired) electrons. The topological polar surface area (TPSA) is 80.1 Å². The van der Waals surface area contributed by atoms with Crippen molar-refractivity contribution in [1.29, 1.82) is 0 Å². The van der Waals surface area contributed by atoms with E-state index in [-0.39, 0.29) is 21.6 Å². The molecule has 1 amide bonds. The first-order chi connectivity index (χ1) is 12.6. The fourth-order valence-electron chi connectivity index (χ4n) is 3.10. The molecular weight excluding hydrogens is 390 g/mol. The van der Waals surface area contributed by atoms with Crippen LogP contribution in [0.2, 0.25) is 5.02 Å². The van der Waals surface area contributed by atoms with Gasteiger partial charge in [-0.25, -0.2) is 12.7 Å². The Morgan fingerprint density at radius 1 is 1.41 bits per heavy atom. The van der Waals surface area contributed by atoms with Gasteiger partial charge < -0.3 is 15.0 Å². The summed E-state index contributed by atoms with van der Waals surface area (Å²) in [4.78, 5) is 14.0. The predicted molar refractivity (Wildman–Crippen MR) is 105 cm³/mol. The molecule has 0 saturated carbocycles. The van der Waals surface area contributed by atoms with Crippen molar-refractivity contribution in [3.05, 3.63) is 28.8 Å². The zero-order chi connectivity index (χ0) is 20.2. The molecule has 152 valence electrons. The van der Waals surface area contributed by atoms with Gasteiger partial charge in [-0.3, -0.25) is 4.79 Å². The van der Waals surface area contributed by atoms with E-state index in [1.165, 1.54) is 37.2 Å². The van der Waals surface area contributed by atoms with Crippen molar-refractivity contribution < 1.29 is 22.8 Å². The van der Waals surface area contributed by atoms with Crippen LogP contribution in [0.25, 0.3) is 0 Å². The van der Waals surface area contributed by atoms with Crippen molar-refractivity contribution in [3.8, 4) is 0 Å². The molecule has 27 heavy (non-hydrogen) atoms. The number of benzene rings is 1. The molecule has 0 aliphatic carbocycles. The predicted octanol–water partition coefficient (Wildman–Crippen LogP) is 0.260. The van der Waals surface area contributed by atoms with E-state index in [1.807, 2.05) is 0 Å². The second kappa shape index (κ2) is 9.34. The molecule has 2 atom stereocenters. The van der Waals surface area contributed by atoms with Crippen LogP contribution in [-0.2, 0) is 14.8 Å². The Morgan fingerprint density at radius 2 is 2.11 bits per heavy atom. The van der Waals surface area contributed by atoms with Crippen LogP contribution < -0.4 is 10.2 Å². The first kappa shape index (κ1) is 22.1. The van der Waals surface area contributed by atoms with Crippen LogP contribution in [0.4, 0.5) is 0 Å². The number of hydrogen-bond donors (Lipinski definition) is 2. The highest BCUT2D eigenvalue weighted by molar-refractivity contribution is 7.89. The highest BCUT2D eigenvalue weighted by Crippen LogP contribution is 2.22. The third-order valence-corrected chi connectivity index (χ3v) is 6.61. The maximum Gasteiger partial charge on any atom is 0.252 e. The lowest BCUT2D eigenvalue weighted by molar-refractivity contribution is -0.914. The first-order valence-corrected chi connectivity index (χ1v) is 10.9. The summed E-state index contributed by atoms with van der Waals surface area (Å²) < 4.78 is 31.4. The molecule has 1 aliphatic rings. The summed E-state index contributed by atoms with van der Waals surface area (Å²) in [5.74, 6) is 0.198. The summed E-state index contributed by atoms with van der Waals surface area (Å²) in [7, 11) is -0.758. The van der Waals surface area contributed by atoms with E-state index in [4.69, 9.17) is 16.3 Å². The molecule has 1 heterocycles. The molecular formula is C18H29ClN3O4S+. The van der Waals surface area contributed by atoms with E-state index in [0.29, 0.717) is 19.1 Å². The molecule has 1 aromatic rings. The Balaban J connectivity index is 2.04. The van der Waals surface area contributed by atoms with Gasteiger partial charge in [-0.15, -0.1) is 0 Å². The molecule has 9 heteroatoms. The van der Waals surface area contributed by atoms with Crippen molar-refractivity contribution in [1.82, 2.24) is 9.62 Å². The number of nitrogens with zero attached hydrogens (tertiary/aromatic N) is 1. The van der Waals surface area contributed by atoms with Crippen LogP contribution >= 0.6 is 11.6 Å². The maximum absolute atomic E-state index is 12.6. The van der Waals surface area contributed by atoms with E-state index < -0.39 is 15.9 Å². The standard InChI is InChI=1S/C18H28ClN3O4S/c1-13(2)11-22-7-8-26-14(12-22)10-20-18(23)16-9-15(5-6-17(16)19)27(24,25)21(3)4/h5-6,9,13-14H,7-8,10-12H2,1-4H3,(H,20,23)/p+1/t14-/m1/s1. The van der Waals surface area contributed by atoms with E-state index in [1.54, 1.807) is 0 Å². The van der Waals surface area contributed by atoms with Crippen molar-refractivity contribution >= 4 is 27.5 Å². The lowest BCUT2D eigenvalue weighted by Gasteiger charge is -2.31. The van der Waals surface area contributed by atoms with Gasteiger partial charge in [0.1, 0.15) is 19.2 Å². The van der Waals surface area contributed by atoms with E-state index in [0.717, 1.165) is 23.9 Å². The van der Waals surface area contributed by atoms with Gasteiger partial charge in [0.05, 0.1) is 28.6 Å². The largest absolute Gasteiger partial charge is 0.365 e. The Bertz CT molecular complexity index is 768. The Hall–Kier alpha value is -1.19. The second-order valence-electron chi connectivity index (χ2n) is 7.43. The Labute approximate surface area is 166 Å². The van der Waals surface area contributed by atoms with Gasteiger partial charge in [0.25, 0.3) is 5.91 Å². The van der Waals surface area contributed by atoms with Gasteiger partial charge in [0, 0.05) is 26.6 Å². The minimum absolute atomic E-state index is 0.0310. The summed E-state index contributed by atoms with van der Waals surface area (Å²) in [5.41, 5.74) is 0.141. The van der Waals surface area contributed by atoms with E-state index >= 15 is 0 Å². The number of nitrogens with one attached hydrogen (secondary N) is 2. The fraction of sp³-hybridized carbons (Fsp3) is 0.611. The molecule has 1 unspecified atom stereocenters. The molecule has 1 fully saturated rings. The highest BCUT2D eigenvalue weighted by atomic mass is 35.5.